The van der Waals surface area contributed by atoms with Gasteiger partial charge in [0.1, 0.15) is 6.04 Å². The van der Waals surface area contributed by atoms with Crippen LogP contribution in [-0.4, -0.2) is 62.5 Å². The summed E-state index contributed by atoms with van der Waals surface area (Å²) in [6.45, 7) is 4.12. The topological polar surface area (TPSA) is 98.7 Å². The molecule has 3 heterocycles. The standard InChI is InChI=1S/C27H37N3O4S/c1-16-13-20-21(24(32)28-14-18-9-5-3-6-10-18)22-26(34)30(17(2)15-31)23(27(16,22)35-20)25(33)29-19-11-7-4-8-12-19/h3,5-6,9-10,16-17,19-23,31H,4,7-8,11-15H2,1-2H3,(H,28,32)(H,29,33)/t16?,17-,20+,21-,22+,23?,27?/m1/s1. The number of nitrogens with zero attached hydrogens (tertiary/aromatic N) is 1. The third-order valence-electron chi connectivity index (χ3n) is 8.73. The maximum atomic E-state index is 14.0. The van der Waals surface area contributed by atoms with Crippen LogP contribution in [0.25, 0.3) is 0 Å². The molecule has 5 rings (SSSR count). The van der Waals surface area contributed by atoms with Gasteiger partial charge in [-0.05, 0) is 37.7 Å². The lowest BCUT2D eigenvalue weighted by Gasteiger charge is -2.40. The first-order valence-corrected chi connectivity index (χ1v) is 14.0. The molecule has 35 heavy (non-hydrogen) atoms. The predicted octanol–water partition coefficient (Wildman–Crippen LogP) is 2.47. The Labute approximate surface area is 211 Å². The summed E-state index contributed by atoms with van der Waals surface area (Å²) in [7, 11) is 0. The molecule has 1 aromatic rings. The molecule has 4 fully saturated rings. The number of fused-ring (bicyclic) bond motifs is 1. The zero-order chi connectivity index (χ0) is 24.7. The van der Waals surface area contributed by atoms with Gasteiger partial charge < -0.3 is 20.6 Å². The zero-order valence-corrected chi connectivity index (χ0v) is 21.4. The van der Waals surface area contributed by atoms with Gasteiger partial charge in [0.15, 0.2) is 0 Å². The molecule has 7 atom stereocenters. The second kappa shape index (κ2) is 9.77. The second-order valence-corrected chi connectivity index (χ2v) is 12.4. The van der Waals surface area contributed by atoms with Crippen LogP contribution < -0.4 is 10.6 Å². The molecule has 1 spiro atoms. The van der Waals surface area contributed by atoms with Crippen LogP contribution in [0.3, 0.4) is 0 Å². The van der Waals surface area contributed by atoms with Crippen LogP contribution in [0.15, 0.2) is 30.3 Å². The third-order valence-corrected chi connectivity index (χ3v) is 10.8. The first kappa shape index (κ1) is 24.6. The van der Waals surface area contributed by atoms with Crippen molar-refractivity contribution in [3.8, 4) is 0 Å². The van der Waals surface area contributed by atoms with E-state index in [0.29, 0.717) is 6.54 Å². The highest BCUT2D eigenvalue weighted by Gasteiger charge is 2.76. The average molecular weight is 500 g/mol. The van der Waals surface area contributed by atoms with Crippen molar-refractivity contribution in [3.05, 3.63) is 35.9 Å². The Morgan fingerprint density at radius 1 is 1.17 bits per heavy atom. The first-order chi connectivity index (χ1) is 16.9. The van der Waals surface area contributed by atoms with Gasteiger partial charge in [-0.15, -0.1) is 11.8 Å². The van der Waals surface area contributed by atoms with E-state index in [0.717, 1.165) is 37.7 Å². The van der Waals surface area contributed by atoms with Gasteiger partial charge in [0.05, 0.1) is 29.2 Å². The SMILES string of the molecule is CC1C[C@@H]2SC13C(C(=O)NC1CCCCC1)N([C@H](C)CO)C(=O)[C@@H]3[C@@H]2C(=O)NCc1ccccc1. The monoisotopic (exact) mass is 499 g/mol. The van der Waals surface area contributed by atoms with Crippen molar-refractivity contribution in [2.45, 2.75) is 87.0 Å². The smallest absolute Gasteiger partial charge is 0.244 e. The summed E-state index contributed by atoms with van der Waals surface area (Å²) in [6, 6.07) is 8.75. The normalized spacial score (nSPS) is 35.1. The van der Waals surface area contributed by atoms with Crippen molar-refractivity contribution >= 4 is 29.5 Å². The minimum absolute atomic E-state index is 0.0197. The van der Waals surface area contributed by atoms with Gasteiger partial charge in [-0.25, -0.2) is 0 Å². The highest BCUT2D eigenvalue weighted by molar-refractivity contribution is 8.02. The maximum absolute atomic E-state index is 14.0. The fourth-order valence-corrected chi connectivity index (χ4v) is 9.46. The molecule has 3 saturated heterocycles. The number of aliphatic hydroxyl groups excluding tert-OH is 1. The molecule has 190 valence electrons. The van der Waals surface area contributed by atoms with Gasteiger partial charge in [-0.1, -0.05) is 56.5 Å². The van der Waals surface area contributed by atoms with E-state index in [1.807, 2.05) is 30.3 Å². The van der Waals surface area contributed by atoms with Crippen LogP contribution in [0.5, 0.6) is 0 Å². The number of hydrogen-bond donors (Lipinski definition) is 3. The molecule has 3 unspecified atom stereocenters. The number of benzene rings is 1. The lowest BCUT2D eigenvalue weighted by Crippen LogP contribution is -2.59. The lowest BCUT2D eigenvalue weighted by atomic mass is 9.65. The molecule has 1 aromatic carbocycles. The van der Waals surface area contributed by atoms with Crippen molar-refractivity contribution in [2.75, 3.05) is 6.61 Å². The summed E-state index contributed by atoms with van der Waals surface area (Å²) in [5.41, 5.74) is 1.01. The van der Waals surface area contributed by atoms with Crippen LogP contribution in [0, 0.1) is 17.8 Å². The third kappa shape index (κ3) is 4.06. The second-order valence-electron chi connectivity index (χ2n) is 10.9. The van der Waals surface area contributed by atoms with Crippen molar-refractivity contribution in [1.29, 1.82) is 0 Å². The largest absolute Gasteiger partial charge is 0.394 e. The van der Waals surface area contributed by atoms with E-state index in [2.05, 4.69) is 17.6 Å². The molecule has 1 aliphatic carbocycles. The van der Waals surface area contributed by atoms with E-state index in [-0.39, 0.29) is 41.5 Å². The van der Waals surface area contributed by atoms with Crippen molar-refractivity contribution in [3.63, 3.8) is 0 Å². The number of rotatable bonds is 7. The van der Waals surface area contributed by atoms with Gasteiger partial charge in [0.25, 0.3) is 0 Å². The highest BCUT2D eigenvalue weighted by Crippen LogP contribution is 2.68. The molecular formula is C27H37N3O4S. The summed E-state index contributed by atoms with van der Waals surface area (Å²) in [5.74, 6) is -1.26. The molecule has 3 amide bonds. The fraction of sp³-hybridized carbons (Fsp3) is 0.667. The van der Waals surface area contributed by atoms with Gasteiger partial charge in [-0.3, -0.25) is 14.4 Å². The van der Waals surface area contributed by atoms with Crippen LogP contribution in [0.1, 0.15) is 57.9 Å². The summed E-state index contributed by atoms with van der Waals surface area (Å²) in [4.78, 5) is 42.9. The molecule has 1 saturated carbocycles. The number of likely N-dealkylation sites (tertiary alicyclic amines) is 1. The number of nitrogens with one attached hydrogen (secondary N) is 2. The van der Waals surface area contributed by atoms with E-state index in [1.165, 1.54) is 6.42 Å². The summed E-state index contributed by atoms with van der Waals surface area (Å²) in [5, 5.41) is 16.4. The molecule has 3 N–H and O–H groups in total. The molecule has 8 heteroatoms. The van der Waals surface area contributed by atoms with Crippen molar-refractivity contribution in [2.24, 2.45) is 17.8 Å². The molecule has 4 aliphatic rings. The Kier molecular flexibility index (Phi) is 6.87. The van der Waals surface area contributed by atoms with Gasteiger partial charge >= 0.3 is 0 Å². The predicted molar refractivity (Wildman–Crippen MR) is 135 cm³/mol. The molecule has 7 nitrogen and oxygen atoms in total. The molecule has 0 aromatic heterocycles. The van der Waals surface area contributed by atoms with E-state index in [4.69, 9.17) is 0 Å². The number of carbonyl (C=O) groups is 3. The number of thioether (sulfide) groups is 1. The number of carbonyl (C=O) groups excluding carboxylic acids is 3. The molecule has 0 radical (unpaired) electrons. The Morgan fingerprint density at radius 3 is 2.57 bits per heavy atom. The summed E-state index contributed by atoms with van der Waals surface area (Å²) >= 11 is 1.68. The molecule has 3 aliphatic heterocycles. The van der Waals surface area contributed by atoms with Gasteiger partial charge in [-0.2, -0.15) is 0 Å². The van der Waals surface area contributed by atoms with Crippen molar-refractivity contribution < 1.29 is 19.5 Å². The van der Waals surface area contributed by atoms with E-state index in [9.17, 15) is 19.5 Å². The zero-order valence-electron chi connectivity index (χ0n) is 20.6. The van der Waals surface area contributed by atoms with Crippen LogP contribution in [0.2, 0.25) is 0 Å². The Bertz CT molecular complexity index is 968. The minimum Gasteiger partial charge on any atom is -0.394 e. The van der Waals surface area contributed by atoms with Crippen LogP contribution >= 0.6 is 11.8 Å². The summed E-state index contributed by atoms with van der Waals surface area (Å²) in [6.07, 6.45) is 6.16. The highest BCUT2D eigenvalue weighted by atomic mass is 32.2. The number of hydrogen-bond acceptors (Lipinski definition) is 5. The van der Waals surface area contributed by atoms with Gasteiger partial charge in [0.2, 0.25) is 17.7 Å². The number of aliphatic hydroxyl groups is 1. The maximum Gasteiger partial charge on any atom is 0.244 e. The lowest BCUT2D eigenvalue weighted by molar-refractivity contribution is -0.142. The first-order valence-electron chi connectivity index (χ1n) is 13.1. The minimum atomic E-state index is -0.666. The molecule has 2 bridgehead atoms. The Balaban J connectivity index is 1.43. The van der Waals surface area contributed by atoms with Crippen LogP contribution in [0.4, 0.5) is 0 Å². The van der Waals surface area contributed by atoms with E-state index < -0.39 is 28.7 Å². The Hall–Kier alpha value is -2.06. The van der Waals surface area contributed by atoms with Crippen LogP contribution in [-0.2, 0) is 20.9 Å². The average Bonchev–Trinajstić information content (AvgIpc) is 3.47. The van der Waals surface area contributed by atoms with E-state index in [1.54, 1.807) is 23.6 Å². The fourth-order valence-electron chi connectivity index (χ4n) is 7.05. The quantitative estimate of drug-likeness (QED) is 0.535. The van der Waals surface area contributed by atoms with E-state index >= 15 is 0 Å². The molecular weight excluding hydrogens is 462 g/mol. The van der Waals surface area contributed by atoms with Crippen molar-refractivity contribution in [1.82, 2.24) is 15.5 Å². The number of amides is 3. The summed E-state index contributed by atoms with van der Waals surface area (Å²) < 4.78 is -0.640. The Morgan fingerprint density at radius 2 is 1.89 bits per heavy atom. The van der Waals surface area contributed by atoms with Gasteiger partial charge in [0, 0.05) is 17.8 Å².